The number of carbonyl (C=O) groups is 1. The van der Waals surface area contributed by atoms with Gasteiger partial charge in [0.05, 0.1) is 11.7 Å². The number of rotatable bonds is 4. The van der Waals surface area contributed by atoms with E-state index in [2.05, 4.69) is 17.4 Å². The molecule has 0 saturated carbocycles. The molecule has 134 valence electrons. The van der Waals surface area contributed by atoms with E-state index in [1.165, 1.54) is 0 Å². The van der Waals surface area contributed by atoms with Crippen LogP contribution in [0.1, 0.15) is 55.7 Å². The van der Waals surface area contributed by atoms with Gasteiger partial charge >= 0.3 is 6.03 Å². The smallest absolute Gasteiger partial charge is 0.317 e. The number of nitrogens with one attached hydrogen (secondary N) is 1. The van der Waals surface area contributed by atoms with Gasteiger partial charge in [0.1, 0.15) is 5.76 Å². The van der Waals surface area contributed by atoms with Gasteiger partial charge in [0.2, 0.25) is 0 Å². The molecule has 24 heavy (non-hydrogen) atoms. The number of aryl methyl sites for hydroxylation is 2. The van der Waals surface area contributed by atoms with Crippen molar-refractivity contribution in [3.63, 3.8) is 0 Å². The number of carbonyl (C=O) groups excluding carboxylic acids is 1. The van der Waals surface area contributed by atoms with E-state index in [1.54, 1.807) is 0 Å². The van der Waals surface area contributed by atoms with Gasteiger partial charge in [-0.25, -0.2) is 4.79 Å². The minimum Gasteiger partial charge on any atom is -0.381 e. The van der Waals surface area contributed by atoms with Crippen LogP contribution < -0.4 is 5.32 Å². The molecule has 1 aromatic rings. The highest BCUT2D eigenvalue weighted by molar-refractivity contribution is 5.75. The van der Waals surface area contributed by atoms with Crippen LogP contribution in [0.25, 0.3) is 0 Å². The Labute approximate surface area is 143 Å². The van der Waals surface area contributed by atoms with Crippen LogP contribution in [0, 0.1) is 25.7 Å². The monoisotopic (exact) mass is 335 g/mol. The lowest BCUT2D eigenvalue weighted by Gasteiger charge is -2.28. The van der Waals surface area contributed by atoms with Gasteiger partial charge in [-0.15, -0.1) is 0 Å². The van der Waals surface area contributed by atoms with Gasteiger partial charge in [0.15, 0.2) is 0 Å². The number of aromatic nitrogens is 1. The fourth-order valence-corrected chi connectivity index (χ4v) is 4.15. The third kappa shape index (κ3) is 3.58. The number of ether oxygens (including phenoxy) is 1. The Kier molecular flexibility index (Phi) is 5.43. The van der Waals surface area contributed by atoms with Crippen molar-refractivity contribution in [2.75, 3.05) is 26.3 Å². The van der Waals surface area contributed by atoms with E-state index >= 15 is 0 Å². The van der Waals surface area contributed by atoms with E-state index in [1.807, 2.05) is 18.7 Å². The van der Waals surface area contributed by atoms with Crippen molar-refractivity contribution in [3.05, 3.63) is 17.0 Å². The summed E-state index contributed by atoms with van der Waals surface area (Å²) >= 11 is 0. The molecule has 2 aliphatic heterocycles. The van der Waals surface area contributed by atoms with E-state index in [0.29, 0.717) is 11.8 Å². The number of nitrogens with zero attached hydrogens (tertiary/aromatic N) is 2. The van der Waals surface area contributed by atoms with Crippen LogP contribution in [0.5, 0.6) is 0 Å². The Morgan fingerprint density at radius 1 is 1.29 bits per heavy atom. The first-order valence-electron chi connectivity index (χ1n) is 9.16. The molecule has 2 unspecified atom stereocenters. The minimum absolute atomic E-state index is 0.0362. The van der Waals surface area contributed by atoms with Crippen LogP contribution in [0.4, 0.5) is 4.79 Å². The van der Waals surface area contributed by atoms with Crippen LogP contribution in [-0.4, -0.2) is 42.4 Å². The molecule has 3 heterocycles. The van der Waals surface area contributed by atoms with Gasteiger partial charge in [-0.2, -0.15) is 0 Å². The van der Waals surface area contributed by atoms with Crippen molar-refractivity contribution in [3.8, 4) is 0 Å². The first-order valence-corrected chi connectivity index (χ1v) is 9.16. The van der Waals surface area contributed by atoms with Crippen LogP contribution in [0.3, 0.4) is 0 Å². The van der Waals surface area contributed by atoms with Crippen molar-refractivity contribution in [1.82, 2.24) is 15.4 Å². The summed E-state index contributed by atoms with van der Waals surface area (Å²) in [5, 5.41) is 7.19. The largest absolute Gasteiger partial charge is 0.381 e. The lowest BCUT2D eigenvalue weighted by atomic mass is 9.85. The fourth-order valence-electron chi connectivity index (χ4n) is 4.15. The molecule has 0 aliphatic carbocycles. The van der Waals surface area contributed by atoms with E-state index in [9.17, 15) is 4.79 Å². The Bertz CT molecular complexity index is 546. The summed E-state index contributed by atoms with van der Waals surface area (Å²) in [7, 11) is 0. The Balaban J connectivity index is 1.58. The van der Waals surface area contributed by atoms with Gasteiger partial charge < -0.3 is 19.5 Å². The highest BCUT2D eigenvalue weighted by atomic mass is 16.5. The average molecular weight is 335 g/mol. The molecule has 2 aliphatic rings. The second-order valence-electron chi connectivity index (χ2n) is 7.09. The molecule has 2 amide bonds. The second kappa shape index (κ2) is 7.55. The predicted molar refractivity (Wildman–Crippen MR) is 90.8 cm³/mol. The molecule has 6 heteroatoms. The van der Waals surface area contributed by atoms with E-state index in [-0.39, 0.29) is 12.1 Å². The molecule has 0 spiro atoms. The van der Waals surface area contributed by atoms with Crippen molar-refractivity contribution in [2.24, 2.45) is 11.8 Å². The normalized spacial score (nSPS) is 23.5. The topological polar surface area (TPSA) is 67.6 Å². The molecule has 2 atom stereocenters. The molecule has 1 aromatic heterocycles. The van der Waals surface area contributed by atoms with E-state index in [4.69, 9.17) is 9.26 Å². The van der Waals surface area contributed by atoms with Gasteiger partial charge in [-0.1, -0.05) is 12.1 Å². The summed E-state index contributed by atoms with van der Waals surface area (Å²) in [5.41, 5.74) is 1.88. The van der Waals surface area contributed by atoms with Crippen LogP contribution in [-0.2, 0) is 4.74 Å². The SMILES string of the molecule is CCC(NC(=O)N1CCC(C2CCOCC2)C1)c1c(C)noc1C. The molecular formula is C18H29N3O3. The van der Waals surface area contributed by atoms with E-state index in [0.717, 1.165) is 69.0 Å². The predicted octanol–water partition coefficient (Wildman–Crippen LogP) is 3.20. The standard InChI is InChI=1S/C18H29N3O3/c1-4-16(17-12(2)20-24-13(17)3)19-18(22)21-8-5-15(11-21)14-6-9-23-10-7-14/h14-16H,4-11H2,1-3H3,(H,19,22). The average Bonchev–Trinajstić information content (AvgIpc) is 3.21. The molecular weight excluding hydrogens is 306 g/mol. The van der Waals surface area contributed by atoms with Crippen LogP contribution in [0.2, 0.25) is 0 Å². The minimum atomic E-state index is -0.0362. The summed E-state index contributed by atoms with van der Waals surface area (Å²) in [6, 6.07) is 0.00212. The van der Waals surface area contributed by atoms with Crippen molar-refractivity contribution >= 4 is 6.03 Å². The number of amides is 2. The van der Waals surface area contributed by atoms with Crippen molar-refractivity contribution < 1.29 is 14.1 Å². The van der Waals surface area contributed by atoms with Crippen LogP contribution >= 0.6 is 0 Å². The molecule has 3 rings (SSSR count). The molecule has 0 radical (unpaired) electrons. The molecule has 0 bridgehead atoms. The summed E-state index contributed by atoms with van der Waals surface area (Å²) in [4.78, 5) is 14.7. The summed E-state index contributed by atoms with van der Waals surface area (Å²) in [6.07, 6.45) is 4.21. The molecule has 0 aromatic carbocycles. The number of urea groups is 1. The summed E-state index contributed by atoms with van der Waals surface area (Å²) in [6.45, 7) is 9.37. The number of hydrogen-bond donors (Lipinski definition) is 1. The Morgan fingerprint density at radius 3 is 2.67 bits per heavy atom. The zero-order chi connectivity index (χ0) is 17.1. The summed E-state index contributed by atoms with van der Waals surface area (Å²) < 4.78 is 10.7. The molecule has 2 saturated heterocycles. The Hall–Kier alpha value is -1.56. The van der Waals surface area contributed by atoms with Gasteiger partial charge in [-0.05, 0) is 51.4 Å². The molecule has 2 fully saturated rings. The highest BCUT2D eigenvalue weighted by Crippen LogP contribution is 2.31. The number of likely N-dealkylation sites (tertiary alicyclic amines) is 1. The highest BCUT2D eigenvalue weighted by Gasteiger charge is 2.33. The zero-order valence-corrected chi connectivity index (χ0v) is 15.0. The quantitative estimate of drug-likeness (QED) is 0.917. The van der Waals surface area contributed by atoms with Gasteiger partial charge in [0.25, 0.3) is 0 Å². The molecule has 1 N–H and O–H groups in total. The third-order valence-corrected chi connectivity index (χ3v) is 5.59. The van der Waals surface area contributed by atoms with Crippen molar-refractivity contribution in [2.45, 2.75) is 52.5 Å². The maximum absolute atomic E-state index is 12.7. The second-order valence-corrected chi connectivity index (χ2v) is 7.09. The molecule has 6 nitrogen and oxygen atoms in total. The Morgan fingerprint density at radius 2 is 2.04 bits per heavy atom. The first kappa shape index (κ1) is 17.3. The maximum Gasteiger partial charge on any atom is 0.317 e. The maximum atomic E-state index is 12.7. The summed E-state index contributed by atoms with van der Waals surface area (Å²) in [5.74, 6) is 2.13. The number of hydrogen-bond acceptors (Lipinski definition) is 4. The first-order chi connectivity index (χ1) is 11.6. The lowest BCUT2D eigenvalue weighted by molar-refractivity contribution is 0.0484. The van der Waals surface area contributed by atoms with Gasteiger partial charge in [0, 0.05) is 31.9 Å². The van der Waals surface area contributed by atoms with Crippen LogP contribution in [0.15, 0.2) is 4.52 Å². The van der Waals surface area contributed by atoms with E-state index < -0.39 is 0 Å². The third-order valence-electron chi connectivity index (χ3n) is 5.59. The fraction of sp³-hybridized carbons (Fsp3) is 0.778. The van der Waals surface area contributed by atoms with Crippen molar-refractivity contribution in [1.29, 1.82) is 0 Å². The lowest BCUT2D eigenvalue weighted by Crippen LogP contribution is -2.41. The van der Waals surface area contributed by atoms with Gasteiger partial charge in [-0.3, -0.25) is 0 Å². The zero-order valence-electron chi connectivity index (χ0n) is 15.0.